The lowest BCUT2D eigenvalue weighted by atomic mass is 9.75. The van der Waals surface area contributed by atoms with Gasteiger partial charge in [-0.25, -0.2) is 0 Å². The number of terminal acetylenes is 1. The average molecular weight is 241 g/mol. The van der Waals surface area contributed by atoms with E-state index < -0.39 is 5.41 Å². The Morgan fingerprint density at radius 1 is 1.61 bits per heavy atom. The first-order chi connectivity index (χ1) is 8.57. The Balaban J connectivity index is 2.84. The van der Waals surface area contributed by atoms with E-state index in [1.165, 1.54) is 6.92 Å². The van der Waals surface area contributed by atoms with Gasteiger partial charge in [0.05, 0.1) is 12.1 Å². The van der Waals surface area contributed by atoms with E-state index in [1.807, 2.05) is 18.2 Å². The van der Waals surface area contributed by atoms with Gasteiger partial charge >= 0.3 is 0 Å². The monoisotopic (exact) mass is 241 g/mol. The van der Waals surface area contributed by atoms with Gasteiger partial charge in [-0.05, 0) is 24.8 Å². The third-order valence-corrected chi connectivity index (χ3v) is 3.12. The highest BCUT2D eigenvalue weighted by Crippen LogP contribution is 2.36. The number of allylic oxidation sites excluding steroid dienone is 1. The Kier molecular flexibility index (Phi) is 4.52. The van der Waals surface area contributed by atoms with Crippen LogP contribution in [0.2, 0.25) is 0 Å². The molecule has 0 bridgehead atoms. The molecule has 1 aliphatic carbocycles. The van der Waals surface area contributed by atoms with Gasteiger partial charge in [0.1, 0.15) is 0 Å². The standard InChI is InChI=1S/C14H15N3O/c1-3-8-14(9-15,10-16)12-4-6-13(7-5-12)17-11(2)18/h1,4,13H,5-8H2,2H3,(H,17,18). The van der Waals surface area contributed by atoms with E-state index in [1.54, 1.807) is 0 Å². The van der Waals surface area contributed by atoms with Gasteiger partial charge in [0.2, 0.25) is 5.91 Å². The van der Waals surface area contributed by atoms with Gasteiger partial charge in [-0.2, -0.15) is 10.5 Å². The van der Waals surface area contributed by atoms with Crippen molar-refractivity contribution in [1.29, 1.82) is 10.5 Å². The minimum atomic E-state index is -1.20. The quantitative estimate of drug-likeness (QED) is 0.603. The van der Waals surface area contributed by atoms with E-state index in [4.69, 9.17) is 6.42 Å². The largest absolute Gasteiger partial charge is 0.353 e. The fourth-order valence-corrected chi connectivity index (χ4v) is 2.15. The van der Waals surface area contributed by atoms with E-state index >= 15 is 0 Å². The molecule has 1 aliphatic rings. The molecule has 4 heteroatoms. The maximum Gasteiger partial charge on any atom is 0.217 e. The Bertz CT molecular complexity index is 471. The van der Waals surface area contributed by atoms with Crippen molar-refractivity contribution in [3.05, 3.63) is 11.6 Å². The summed E-state index contributed by atoms with van der Waals surface area (Å²) in [6.07, 6.45) is 9.21. The van der Waals surface area contributed by atoms with Gasteiger partial charge in [-0.15, -0.1) is 12.3 Å². The van der Waals surface area contributed by atoms with Crippen molar-refractivity contribution >= 4 is 5.91 Å². The maximum atomic E-state index is 10.9. The van der Waals surface area contributed by atoms with Crippen LogP contribution in [0, 0.1) is 40.4 Å². The molecule has 1 N–H and O–H groups in total. The van der Waals surface area contributed by atoms with Gasteiger partial charge in [-0.1, -0.05) is 6.08 Å². The molecule has 0 fully saturated rings. The third kappa shape index (κ3) is 2.90. The van der Waals surface area contributed by atoms with Gasteiger partial charge < -0.3 is 5.32 Å². The van der Waals surface area contributed by atoms with E-state index in [9.17, 15) is 15.3 Å². The number of amides is 1. The molecular weight excluding hydrogens is 226 g/mol. The summed E-state index contributed by atoms with van der Waals surface area (Å²) in [5, 5.41) is 21.2. The molecule has 0 saturated heterocycles. The lowest BCUT2D eigenvalue weighted by molar-refractivity contribution is -0.119. The average Bonchev–Trinajstić information content (AvgIpc) is 2.36. The highest BCUT2D eigenvalue weighted by atomic mass is 16.1. The lowest BCUT2D eigenvalue weighted by Gasteiger charge is -2.27. The van der Waals surface area contributed by atoms with Crippen molar-refractivity contribution in [2.24, 2.45) is 5.41 Å². The normalized spacial score (nSPS) is 18.8. The molecule has 0 spiro atoms. The summed E-state index contributed by atoms with van der Waals surface area (Å²) in [7, 11) is 0. The molecule has 0 aromatic carbocycles. The van der Waals surface area contributed by atoms with Crippen molar-refractivity contribution in [2.45, 2.75) is 38.6 Å². The number of hydrogen-bond donors (Lipinski definition) is 1. The van der Waals surface area contributed by atoms with Crippen molar-refractivity contribution in [3.8, 4) is 24.5 Å². The van der Waals surface area contributed by atoms with Crippen LogP contribution in [0.5, 0.6) is 0 Å². The molecule has 0 aliphatic heterocycles. The molecular formula is C14H15N3O. The van der Waals surface area contributed by atoms with Crippen LogP contribution in [0.25, 0.3) is 0 Å². The first-order valence-corrected chi connectivity index (χ1v) is 5.80. The number of carbonyl (C=O) groups is 1. The van der Waals surface area contributed by atoms with Crippen molar-refractivity contribution in [3.63, 3.8) is 0 Å². The molecule has 18 heavy (non-hydrogen) atoms. The predicted octanol–water partition coefficient (Wildman–Crippen LogP) is 1.66. The maximum absolute atomic E-state index is 10.9. The fraction of sp³-hybridized carbons (Fsp3) is 0.500. The van der Waals surface area contributed by atoms with Crippen LogP contribution >= 0.6 is 0 Å². The SMILES string of the molecule is C#CCC(C#N)(C#N)C1=CCC(NC(C)=O)CC1. The van der Waals surface area contributed by atoms with Crippen LogP contribution in [0.4, 0.5) is 0 Å². The highest BCUT2D eigenvalue weighted by Gasteiger charge is 2.35. The Morgan fingerprint density at radius 2 is 2.28 bits per heavy atom. The van der Waals surface area contributed by atoms with Crippen LogP contribution in [0.3, 0.4) is 0 Å². The Hall–Kier alpha value is -2.25. The second-order valence-electron chi connectivity index (χ2n) is 4.41. The minimum absolute atomic E-state index is 0.0627. The van der Waals surface area contributed by atoms with E-state index in [-0.39, 0.29) is 18.4 Å². The zero-order chi connectivity index (χ0) is 13.6. The lowest BCUT2D eigenvalue weighted by Crippen LogP contribution is -2.35. The summed E-state index contributed by atoms with van der Waals surface area (Å²) in [6.45, 7) is 1.48. The summed E-state index contributed by atoms with van der Waals surface area (Å²) in [4.78, 5) is 10.9. The zero-order valence-electron chi connectivity index (χ0n) is 10.4. The number of nitrogens with one attached hydrogen (secondary N) is 1. The smallest absolute Gasteiger partial charge is 0.217 e. The number of hydrogen-bond acceptors (Lipinski definition) is 3. The van der Waals surface area contributed by atoms with Crippen LogP contribution in [0.15, 0.2) is 11.6 Å². The summed E-state index contributed by atoms with van der Waals surface area (Å²) in [5.41, 5.74) is -0.414. The highest BCUT2D eigenvalue weighted by molar-refractivity contribution is 5.73. The molecule has 1 rings (SSSR count). The summed E-state index contributed by atoms with van der Waals surface area (Å²) in [6, 6.07) is 4.15. The molecule has 1 amide bonds. The number of nitriles is 2. The van der Waals surface area contributed by atoms with E-state index in [2.05, 4.69) is 11.2 Å². The summed E-state index contributed by atoms with van der Waals surface area (Å²) >= 11 is 0. The fourth-order valence-electron chi connectivity index (χ4n) is 2.15. The van der Waals surface area contributed by atoms with Gasteiger partial charge in [-0.3, -0.25) is 4.79 Å². The Labute approximate surface area is 107 Å². The van der Waals surface area contributed by atoms with Crippen LogP contribution in [-0.2, 0) is 4.79 Å². The second-order valence-corrected chi connectivity index (χ2v) is 4.41. The topological polar surface area (TPSA) is 76.7 Å². The van der Waals surface area contributed by atoms with Crippen molar-refractivity contribution < 1.29 is 4.79 Å². The van der Waals surface area contributed by atoms with Crippen LogP contribution in [-0.4, -0.2) is 11.9 Å². The van der Waals surface area contributed by atoms with Gasteiger partial charge in [0.25, 0.3) is 0 Å². The molecule has 0 heterocycles. The number of carbonyl (C=O) groups excluding carboxylic acids is 1. The minimum Gasteiger partial charge on any atom is -0.353 e. The van der Waals surface area contributed by atoms with Crippen LogP contribution < -0.4 is 5.32 Å². The van der Waals surface area contributed by atoms with Crippen molar-refractivity contribution in [2.75, 3.05) is 0 Å². The van der Waals surface area contributed by atoms with Crippen LogP contribution in [0.1, 0.15) is 32.6 Å². The molecule has 0 aromatic rings. The van der Waals surface area contributed by atoms with Crippen molar-refractivity contribution in [1.82, 2.24) is 5.32 Å². The molecule has 4 nitrogen and oxygen atoms in total. The van der Waals surface area contributed by atoms with E-state index in [0.29, 0.717) is 12.8 Å². The first-order valence-electron chi connectivity index (χ1n) is 5.80. The third-order valence-electron chi connectivity index (χ3n) is 3.12. The van der Waals surface area contributed by atoms with Gasteiger partial charge in [0, 0.05) is 19.4 Å². The first kappa shape index (κ1) is 13.8. The number of nitrogens with zero attached hydrogens (tertiary/aromatic N) is 2. The van der Waals surface area contributed by atoms with Gasteiger partial charge in [0.15, 0.2) is 5.41 Å². The molecule has 1 atom stereocenters. The molecule has 0 aromatic heterocycles. The number of rotatable bonds is 3. The zero-order valence-corrected chi connectivity index (χ0v) is 10.4. The summed E-state index contributed by atoms with van der Waals surface area (Å²) in [5.74, 6) is 2.33. The Morgan fingerprint density at radius 3 is 2.67 bits per heavy atom. The molecule has 92 valence electrons. The predicted molar refractivity (Wildman–Crippen MR) is 66.6 cm³/mol. The van der Waals surface area contributed by atoms with E-state index in [0.717, 1.165) is 12.0 Å². The molecule has 0 radical (unpaired) electrons. The molecule has 0 saturated carbocycles. The summed E-state index contributed by atoms with van der Waals surface area (Å²) < 4.78 is 0. The second kappa shape index (κ2) is 5.89. The molecule has 1 unspecified atom stereocenters.